The van der Waals surface area contributed by atoms with E-state index in [2.05, 4.69) is 15.4 Å². The zero-order chi connectivity index (χ0) is 16.3. The second-order valence-electron chi connectivity index (χ2n) is 6.27. The van der Waals surface area contributed by atoms with Crippen LogP contribution in [-0.2, 0) is 14.8 Å². The number of sulfonamides is 1. The molecule has 0 aromatic heterocycles. The van der Waals surface area contributed by atoms with Crippen molar-refractivity contribution in [3.63, 3.8) is 0 Å². The van der Waals surface area contributed by atoms with Gasteiger partial charge in [0.25, 0.3) is 0 Å². The SMILES string of the molecule is CC(C)(CNC(=O)NC1(CC(=O)O)CCC1)NS(C)(=O)=O. The molecule has 0 aromatic rings. The van der Waals surface area contributed by atoms with Gasteiger partial charge >= 0.3 is 12.0 Å². The third-order valence-corrected chi connectivity index (χ3v) is 4.25. The fourth-order valence-corrected chi connectivity index (χ4v) is 3.44. The van der Waals surface area contributed by atoms with Crippen molar-refractivity contribution in [1.82, 2.24) is 15.4 Å². The molecular formula is C12H23N3O5S. The average Bonchev–Trinajstić information content (AvgIpc) is 2.19. The van der Waals surface area contributed by atoms with E-state index in [1.807, 2.05) is 0 Å². The monoisotopic (exact) mass is 321 g/mol. The Morgan fingerprint density at radius 3 is 2.24 bits per heavy atom. The van der Waals surface area contributed by atoms with Gasteiger partial charge in [-0.25, -0.2) is 17.9 Å². The molecule has 0 radical (unpaired) electrons. The lowest BCUT2D eigenvalue weighted by Gasteiger charge is -2.41. The summed E-state index contributed by atoms with van der Waals surface area (Å²) in [5, 5.41) is 14.1. The topological polar surface area (TPSA) is 125 Å². The van der Waals surface area contributed by atoms with E-state index in [0.29, 0.717) is 12.8 Å². The van der Waals surface area contributed by atoms with Crippen LogP contribution in [0.15, 0.2) is 0 Å². The van der Waals surface area contributed by atoms with Gasteiger partial charge in [-0.05, 0) is 33.1 Å². The molecule has 0 saturated heterocycles. The van der Waals surface area contributed by atoms with Crippen LogP contribution in [0.3, 0.4) is 0 Å². The van der Waals surface area contributed by atoms with Gasteiger partial charge in [0.2, 0.25) is 10.0 Å². The predicted octanol–water partition coefficient (Wildman–Crippen LogP) is 0.0108. The molecule has 1 saturated carbocycles. The van der Waals surface area contributed by atoms with Gasteiger partial charge in [-0.15, -0.1) is 0 Å². The molecule has 1 fully saturated rings. The first kappa shape index (κ1) is 17.7. The van der Waals surface area contributed by atoms with Gasteiger partial charge in [-0.2, -0.15) is 0 Å². The molecule has 4 N–H and O–H groups in total. The maximum atomic E-state index is 11.9. The number of nitrogens with one attached hydrogen (secondary N) is 3. The van der Waals surface area contributed by atoms with Crippen molar-refractivity contribution in [2.45, 2.75) is 50.6 Å². The van der Waals surface area contributed by atoms with Gasteiger partial charge in [0, 0.05) is 12.1 Å². The number of carbonyl (C=O) groups is 2. The second kappa shape index (κ2) is 6.18. The fraction of sp³-hybridized carbons (Fsp3) is 0.833. The van der Waals surface area contributed by atoms with Gasteiger partial charge in [-0.1, -0.05) is 0 Å². The lowest BCUT2D eigenvalue weighted by molar-refractivity contribution is -0.139. The third kappa shape index (κ3) is 6.30. The number of aliphatic carboxylic acids is 1. The number of carbonyl (C=O) groups excluding carboxylic acids is 1. The van der Waals surface area contributed by atoms with Crippen molar-refractivity contribution in [2.75, 3.05) is 12.8 Å². The Labute approximate surface area is 124 Å². The van der Waals surface area contributed by atoms with E-state index >= 15 is 0 Å². The summed E-state index contributed by atoms with van der Waals surface area (Å²) in [6, 6.07) is -0.487. The first-order valence-electron chi connectivity index (χ1n) is 6.70. The summed E-state index contributed by atoms with van der Waals surface area (Å²) in [5.41, 5.74) is -1.51. The summed E-state index contributed by atoms with van der Waals surface area (Å²) in [7, 11) is -3.37. The highest BCUT2D eigenvalue weighted by molar-refractivity contribution is 7.88. The third-order valence-electron chi connectivity index (χ3n) is 3.33. The zero-order valence-electron chi connectivity index (χ0n) is 12.5. The molecule has 1 rings (SSSR count). The van der Waals surface area contributed by atoms with Gasteiger partial charge in [0.05, 0.1) is 18.2 Å². The average molecular weight is 321 g/mol. The van der Waals surface area contributed by atoms with Crippen LogP contribution in [0.5, 0.6) is 0 Å². The summed E-state index contributed by atoms with van der Waals surface area (Å²) < 4.78 is 24.8. The molecule has 122 valence electrons. The Balaban J connectivity index is 2.48. The molecule has 0 unspecified atom stereocenters. The van der Waals surface area contributed by atoms with E-state index in [9.17, 15) is 18.0 Å². The lowest BCUT2D eigenvalue weighted by atomic mass is 9.74. The van der Waals surface area contributed by atoms with E-state index in [4.69, 9.17) is 5.11 Å². The first-order chi connectivity index (χ1) is 9.43. The van der Waals surface area contributed by atoms with Gasteiger partial charge in [0.1, 0.15) is 0 Å². The van der Waals surface area contributed by atoms with Crippen LogP contribution in [0.25, 0.3) is 0 Å². The molecule has 9 heteroatoms. The van der Waals surface area contributed by atoms with Crippen molar-refractivity contribution >= 4 is 22.0 Å². The minimum absolute atomic E-state index is 0.0923. The highest BCUT2D eigenvalue weighted by Gasteiger charge is 2.40. The van der Waals surface area contributed by atoms with Crippen LogP contribution in [0.1, 0.15) is 39.5 Å². The molecule has 0 spiro atoms. The van der Waals surface area contributed by atoms with E-state index < -0.39 is 33.1 Å². The molecule has 0 bridgehead atoms. The van der Waals surface area contributed by atoms with Crippen LogP contribution in [0.4, 0.5) is 4.79 Å². The van der Waals surface area contributed by atoms with E-state index in [0.717, 1.165) is 12.7 Å². The maximum Gasteiger partial charge on any atom is 0.315 e. The summed E-state index contributed by atoms with van der Waals surface area (Å²) >= 11 is 0. The smallest absolute Gasteiger partial charge is 0.315 e. The highest BCUT2D eigenvalue weighted by Crippen LogP contribution is 2.34. The molecule has 1 aliphatic carbocycles. The van der Waals surface area contributed by atoms with E-state index in [1.165, 1.54) is 0 Å². The van der Waals surface area contributed by atoms with Crippen molar-refractivity contribution in [1.29, 1.82) is 0 Å². The minimum Gasteiger partial charge on any atom is -0.481 e. The summed E-state index contributed by atoms with van der Waals surface area (Å²) in [6.45, 7) is 3.38. The largest absolute Gasteiger partial charge is 0.481 e. The predicted molar refractivity (Wildman–Crippen MR) is 77.4 cm³/mol. The zero-order valence-corrected chi connectivity index (χ0v) is 13.3. The molecular weight excluding hydrogens is 298 g/mol. The van der Waals surface area contributed by atoms with Crippen molar-refractivity contribution in [3.8, 4) is 0 Å². The molecule has 0 heterocycles. The van der Waals surface area contributed by atoms with Crippen LogP contribution in [0, 0.1) is 0 Å². The normalized spacial score (nSPS) is 17.7. The number of urea groups is 1. The lowest BCUT2D eigenvalue weighted by Crippen LogP contribution is -2.59. The first-order valence-corrected chi connectivity index (χ1v) is 8.59. The number of rotatable bonds is 7. The Hall–Kier alpha value is -1.35. The Morgan fingerprint density at radius 1 is 1.29 bits per heavy atom. The van der Waals surface area contributed by atoms with E-state index in [1.54, 1.807) is 13.8 Å². The molecule has 1 aliphatic rings. The molecule has 0 atom stereocenters. The van der Waals surface area contributed by atoms with Crippen LogP contribution in [0.2, 0.25) is 0 Å². The van der Waals surface area contributed by atoms with E-state index in [-0.39, 0.29) is 13.0 Å². The van der Waals surface area contributed by atoms with Crippen LogP contribution >= 0.6 is 0 Å². The Morgan fingerprint density at radius 2 is 1.86 bits per heavy atom. The summed E-state index contributed by atoms with van der Waals surface area (Å²) in [6.07, 6.45) is 3.10. The highest BCUT2D eigenvalue weighted by atomic mass is 32.2. The van der Waals surface area contributed by atoms with Gasteiger partial charge in [-0.3, -0.25) is 4.79 Å². The number of carboxylic acid groups (broad SMARTS) is 1. The quantitative estimate of drug-likeness (QED) is 0.526. The van der Waals surface area contributed by atoms with Crippen molar-refractivity contribution in [2.24, 2.45) is 0 Å². The molecule has 8 nitrogen and oxygen atoms in total. The van der Waals surface area contributed by atoms with Crippen molar-refractivity contribution in [3.05, 3.63) is 0 Å². The fourth-order valence-electron chi connectivity index (χ4n) is 2.36. The number of amides is 2. The molecule has 0 aromatic carbocycles. The summed E-state index contributed by atoms with van der Waals surface area (Å²) in [4.78, 5) is 22.7. The Kier molecular flexibility index (Phi) is 5.21. The number of hydrogen-bond acceptors (Lipinski definition) is 4. The maximum absolute atomic E-state index is 11.9. The second-order valence-corrected chi connectivity index (χ2v) is 8.02. The van der Waals surface area contributed by atoms with Crippen LogP contribution in [-0.4, -0.2) is 49.4 Å². The summed E-state index contributed by atoms with van der Waals surface area (Å²) in [5.74, 6) is -0.950. The molecule has 0 aliphatic heterocycles. The molecule has 2 amide bonds. The minimum atomic E-state index is -3.37. The number of carboxylic acids is 1. The number of hydrogen-bond donors (Lipinski definition) is 4. The van der Waals surface area contributed by atoms with Gasteiger partial charge < -0.3 is 15.7 Å². The molecule has 21 heavy (non-hydrogen) atoms. The van der Waals surface area contributed by atoms with Crippen molar-refractivity contribution < 1.29 is 23.1 Å². The van der Waals surface area contributed by atoms with Crippen LogP contribution < -0.4 is 15.4 Å². The standard InChI is InChI=1S/C12H23N3O5S/c1-11(2,15-21(3,19)20)8-13-10(18)14-12(5-4-6-12)7-9(16)17/h15H,4-8H2,1-3H3,(H,16,17)(H2,13,14,18). The Bertz CT molecular complexity index is 511. The van der Waals surface area contributed by atoms with Gasteiger partial charge in [0.15, 0.2) is 0 Å².